The van der Waals surface area contributed by atoms with Gasteiger partial charge in [-0.1, -0.05) is 0 Å². The highest BCUT2D eigenvalue weighted by Gasteiger charge is 2.31. The second kappa shape index (κ2) is 6.12. The normalized spacial score (nSPS) is 18.5. The van der Waals surface area contributed by atoms with E-state index in [1.165, 1.54) is 0 Å². The van der Waals surface area contributed by atoms with Crippen LogP contribution >= 0.6 is 15.9 Å². The molecule has 1 aromatic rings. The fraction of sp³-hybridized carbons (Fsp3) is 0.417. The summed E-state index contributed by atoms with van der Waals surface area (Å²) < 4.78 is 5.71. The lowest BCUT2D eigenvalue weighted by Crippen LogP contribution is -2.40. The monoisotopic (exact) mass is 327 g/mol. The summed E-state index contributed by atoms with van der Waals surface area (Å²) >= 11 is 3.27. The molecule has 6 nitrogen and oxygen atoms in total. The van der Waals surface area contributed by atoms with Crippen molar-refractivity contribution in [1.82, 2.24) is 9.88 Å². The fourth-order valence-corrected chi connectivity index (χ4v) is 2.09. The predicted octanol–water partition coefficient (Wildman–Crippen LogP) is 1.03. The van der Waals surface area contributed by atoms with Crippen LogP contribution in [-0.4, -0.2) is 48.0 Å². The molecule has 7 heteroatoms. The Morgan fingerprint density at radius 2 is 2.42 bits per heavy atom. The molecule has 19 heavy (non-hydrogen) atoms. The highest BCUT2D eigenvalue weighted by Crippen LogP contribution is 2.13. The smallest absolute Gasteiger partial charge is 0.323 e. The Hall–Kier alpha value is -1.47. The molecule has 1 aliphatic rings. The van der Waals surface area contributed by atoms with Crippen LogP contribution in [0.5, 0.6) is 0 Å². The number of cyclic esters (lactones) is 1. The van der Waals surface area contributed by atoms with Crippen LogP contribution in [0, 0.1) is 0 Å². The molecule has 1 aromatic heterocycles. The van der Waals surface area contributed by atoms with Gasteiger partial charge in [-0.05, 0) is 35.1 Å². The third-order valence-electron chi connectivity index (χ3n) is 2.83. The molecular formula is C12H14BrN3O3. The van der Waals surface area contributed by atoms with Gasteiger partial charge in [0.2, 0.25) is 5.91 Å². The number of aromatic nitrogens is 1. The number of esters is 1. The Morgan fingerprint density at radius 3 is 3.00 bits per heavy atom. The number of nitrogens with one attached hydrogen (secondary N) is 1. The summed E-state index contributed by atoms with van der Waals surface area (Å²) in [6.45, 7) is 0.543. The van der Waals surface area contributed by atoms with Crippen molar-refractivity contribution in [2.45, 2.75) is 12.5 Å². The molecule has 1 N–H and O–H groups in total. The van der Waals surface area contributed by atoms with Crippen molar-refractivity contribution < 1.29 is 14.3 Å². The molecule has 2 heterocycles. The van der Waals surface area contributed by atoms with Crippen LogP contribution in [0.25, 0.3) is 0 Å². The Labute approximate surface area is 119 Å². The van der Waals surface area contributed by atoms with Crippen LogP contribution in [0.2, 0.25) is 0 Å². The van der Waals surface area contributed by atoms with Gasteiger partial charge in [0.05, 0.1) is 13.2 Å². The molecule has 1 amide bonds. The number of carbonyl (C=O) groups is 2. The third-order valence-corrected chi connectivity index (χ3v) is 3.30. The minimum atomic E-state index is -0.330. The Morgan fingerprint density at radius 1 is 1.63 bits per heavy atom. The number of amides is 1. The molecule has 1 atom stereocenters. The van der Waals surface area contributed by atoms with E-state index in [0.717, 1.165) is 4.47 Å². The highest BCUT2D eigenvalue weighted by molar-refractivity contribution is 9.10. The number of hydrogen-bond acceptors (Lipinski definition) is 5. The Balaban J connectivity index is 1.87. The van der Waals surface area contributed by atoms with Crippen LogP contribution in [0.1, 0.15) is 6.42 Å². The van der Waals surface area contributed by atoms with Gasteiger partial charge in [0.15, 0.2) is 0 Å². The maximum absolute atomic E-state index is 11.8. The van der Waals surface area contributed by atoms with E-state index < -0.39 is 0 Å². The molecule has 1 aliphatic heterocycles. The van der Waals surface area contributed by atoms with Crippen molar-refractivity contribution in [2.75, 3.05) is 25.5 Å². The molecular weight excluding hydrogens is 314 g/mol. The molecule has 0 saturated carbocycles. The summed E-state index contributed by atoms with van der Waals surface area (Å²) in [6.07, 6.45) is 2.23. The first-order chi connectivity index (χ1) is 9.06. The zero-order valence-corrected chi connectivity index (χ0v) is 12.0. The average Bonchev–Trinajstić information content (AvgIpc) is 2.78. The standard InChI is InChI=1S/C12H14BrN3O3/c1-16(9-4-5-19-12(9)18)7-11(17)15-10-3-2-8(13)6-14-10/h2-3,6,9H,4-5,7H2,1H3,(H,14,15,17). The van der Waals surface area contributed by atoms with Crippen molar-refractivity contribution in [3.8, 4) is 0 Å². The van der Waals surface area contributed by atoms with Gasteiger partial charge in [0, 0.05) is 17.1 Å². The van der Waals surface area contributed by atoms with Gasteiger partial charge in [-0.25, -0.2) is 4.98 Å². The molecule has 1 saturated heterocycles. The summed E-state index contributed by atoms with van der Waals surface area (Å²) in [5, 5.41) is 2.67. The summed E-state index contributed by atoms with van der Waals surface area (Å²) in [6, 6.07) is 3.16. The first-order valence-electron chi connectivity index (χ1n) is 5.84. The van der Waals surface area contributed by atoms with Gasteiger partial charge in [-0.2, -0.15) is 0 Å². The van der Waals surface area contributed by atoms with Crippen LogP contribution in [0.4, 0.5) is 5.82 Å². The zero-order chi connectivity index (χ0) is 13.8. The first kappa shape index (κ1) is 14.0. The maximum Gasteiger partial charge on any atom is 0.323 e. The van der Waals surface area contributed by atoms with Crippen molar-refractivity contribution in [3.05, 3.63) is 22.8 Å². The van der Waals surface area contributed by atoms with Crippen molar-refractivity contribution in [1.29, 1.82) is 0 Å². The first-order valence-corrected chi connectivity index (χ1v) is 6.64. The quantitative estimate of drug-likeness (QED) is 0.836. The van der Waals surface area contributed by atoms with E-state index in [1.54, 1.807) is 30.3 Å². The molecule has 102 valence electrons. The van der Waals surface area contributed by atoms with E-state index in [0.29, 0.717) is 18.8 Å². The lowest BCUT2D eigenvalue weighted by Gasteiger charge is -2.19. The number of carbonyl (C=O) groups excluding carboxylic acids is 2. The highest BCUT2D eigenvalue weighted by atomic mass is 79.9. The zero-order valence-electron chi connectivity index (χ0n) is 10.4. The third kappa shape index (κ3) is 3.74. The summed E-state index contributed by atoms with van der Waals surface area (Å²) in [7, 11) is 1.73. The number of pyridine rings is 1. The number of ether oxygens (including phenoxy) is 1. The lowest BCUT2D eigenvalue weighted by atomic mass is 10.2. The average molecular weight is 328 g/mol. The molecule has 1 unspecified atom stereocenters. The Kier molecular flexibility index (Phi) is 4.49. The van der Waals surface area contributed by atoms with Gasteiger partial charge < -0.3 is 10.1 Å². The van der Waals surface area contributed by atoms with E-state index in [9.17, 15) is 9.59 Å². The number of likely N-dealkylation sites (N-methyl/N-ethyl adjacent to an activating group) is 1. The van der Waals surface area contributed by atoms with E-state index in [4.69, 9.17) is 4.74 Å². The van der Waals surface area contributed by atoms with Gasteiger partial charge in [-0.15, -0.1) is 0 Å². The molecule has 1 fully saturated rings. The van der Waals surface area contributed by atoms with E-state index in [2.05, 4.69) is 26.2 Å². The molecule has 0 aliphatic carbocycles. The predicted molar refractivity (Wildman–Crippen MR) is 72.6 cm³/mol. The molecule has 0 radical (unpaired) electrons. The lowest BCUT2D eigenvalue weighted by molar-refractivity contribution is -0.142. The van der Waals surface area contributed by atoms with Gasteiger partial charge in [0.1, 0.15) is 11.9 Å². The second-order valence-electron chi connectivity index (χ2n) is 4.30. The summed E-state index contributed by atoms with van der Waals surface area (Å²) in [5.41, 5.74) is 0. The summed E-state index contributed by atoms with van der Waals surface area (Å²) in [4.78, 5) is 28.9. The number of anilines is 1. The van der Waals surface area contributed by atoms with Crippen LogP contribution < -0.4 is 5.32 Å². The molecule has 2 rings (SSSR count). The molecule has 0 aromatic carbocycles. The van der Waals surface area contributed by atoms with E-state index >= 15 is 0 Å². The number of halogens is 1. The number of rotatable bonds is 4. The van der Waals surface area contributed by atoms with Crippen LogP contribution in [0.3, 0.4) is 0 Å². The fourth-order valence-electron chi connectivity index (χ4n) is 1.85. The van der Waals surface area contributed by atoms with Crippen LogP contribution in [0.15, 0.2) is 22.8 Å². The molecule has 0 spiro atoms. The maximum atomic E-state index is 11.8. The van der Waals surface area contributed by atoms with Crippen molar-refractivity contribution in [3.63, 3.8) is 0 Å². The van der Waals surface area contributed by atoms with E-state index in [1.807, 2.05) is 0 Å². The van der Waals surface area contributed by atoms with Gasteiger partial charge in [-0.3, -0.25) is 14.5 Å². The number of nitrogens with zero attached hydrogens (tertiary/aromatic N) is 2. The summed E-state index contributed by atoms with van der Waals surface area (Å²) in [5.74, 6) is 0.00434. The SMILES string of the molecule is CN(CC(=O)Nc1ccc(Br)cn1)C1CCOC1=O. The van der Waals surface area contributed by atoms with E-state index in [-0.39, 0.29) is 24.5 Å². The minimum absolute atomic E-state index is 0.123. The second-order valence-corrected chi connectivity index (χ2v) is 5.21. The van der Waals surface area contributed by atoms with Gasteiger partial charge in [0.25, 0.3) is 0 Å². The van der Waals surface area contributed by atoms with Crippen molar-refractivity contribution in [2.24, 2.45) is 0 Å². The topological polar surface area (TPSA) is 71.5 Å². The molecule has 0 bridgehead atoms. The Bertz CT molecular complexity index is 478. The number of hydrogen-bond donors (Lipinski definition) is 1. The largest absolute Gasteiger partial charge is 0.464 e. The van der Waals surface area contributed by atoms with Crippen LogP contribution in [-0.2, 0) is 14.3 Å². The van der Waals surface area contributed by atoms with Gasteiger partial charge >= 0.3 is 5.97 Å². The minimum Gasteiger partial charge on any atom is -0.464 e. The van der Waals surface area contributed by atoms with Crippen molar-refractivity contribution >= 4 is 33.6 Å².